The summed E-state index contributed by atoms with van der Waals surface area (Å²) in [5, 5.41) is 8.60. The van der Waals surface area contributed by atoms with Gasteiger partial charge in [0.25, 0.3) is 0 Å². The van der Waals surface area contributed by atoms with E-state index in [4.69, 9.17) is 0 Å². The molecule has 1 heterocycles. The summed E-state index contributed by atoms with van der Waals surface area (Å²) in [5.74, 6) is -1.28. The fourth-order valence-corrected chi connectivity index (χ4v) is 1.93. The van der Waals surface area contributed by atoms with Gasteiger partial charge in [-0.3, -0.25) is 14.9 Å². The number of nitrogens with one attached hydrogen (secondary N) is 3. The summed E-state index contributed by atoms with van der Waals surface area (Å²) in [4.78, 5) is 24.1. The van der Waals surface area contributed by atoms with Crippen molar-refractivity contribution in [1.82, 2.24) is 16.0 Å². The van der Waals surface area contributed by atoms with Crippen LogP contribution >= 0.6 is 0 Å². The van der Waals surface area contributed by atoms with Gasteiger partial charge in [0, 0.05) is 6.54 Å². The zero-order valence-corrected chi connectivity index (χ0v) is 10.1. The van der Waals surface area contributed by atoms with E-state index in [0.29, 0.717) is 18.8 Å². The number of carbonyl (C=O) groups excluding carboxylic acids is 2. The molecule has 1 unspecified atom stereocenters. The number of hydrogen-bond donors (Lipinski definition) is 3. The molecule has 1 aromatic carbocycles. The third kappa shape index (κ3) is 3.07. The second-order valence-electron chi connectivity index (χ2n) is 4.21. The molecule has 1 aliphatic rings. The minimum absolute atomic E-state index is 0.236. The topological polar surface area (TPSA) is 70.2 Å². The molecule has 5 nitrogen and oxygen atoms in total. The molecular weight excluding hydrogens is 230 g/mol. The van der Waals surface area contributed by atoms with E-state index in [1.165, 1.54) is 0 Å². The van der Waals surface area contributed by atoms with E-state index in [1.54, 1.807) is 12.1 Å². The lowest BCUT2D eigenvalue weighted by Gasteiger charge is -2.19. The van der Waals surface area contributed by atoms with Crippen LogP contribution in [0, 0.1) is 0 Å². The third-order valence-electron chi connectivity index (χ3n) is 2.87. The van der Waals surface area contributed by atoms with E-state index in [2.05, 4.69) is 16.0 Å². The molecule has 96 valence electrons. The zero-order chi connectivity index (χ0) is 12.8. The molecule has 0 radical (unpaired) electrons. The molecule has 0 bridgehead atoms. The molecule has 0 aromatic heterocycles. The molecule has 0 aliphatic carbocycles. The van der Waals surface area contributed by atoms with Crippen LogP contribution in [0.25, 0.3) is 0 Å². The molecule has 0 spiro atoms. The highest BCUT2D eigenvalue weighted by molar-refractivity contribution is 6.05. The lowest BCUT2D eigenvalue weighted by atomic mass is 9.97. The first-order valence-corrected chi connectivity index (χ1v) is 6.10. The van der Waals surface area contributed by atoms with Crippen LogP contribution in [-0.4, -0.2) is 31.6 Å². The van der Waals surface area contributed by atoms with Crippen molar-refractivity contribution in [1.29, 1.82) is 0 Å². The molecule has 2 amide bonds. The quantitative estimate of drug-likeness (QED) is 0.610. The molecule has 5 heteroatoms. The van der Waals surface area contributed by atoms with Gasteiger partial charge in [0.2, 0.25) is 11.8 Å². The first-order valence-electron chi connectivity index (χ1n) is 6.10. The Balaban J connectivity index is 2.20. The number of carbonyl (C=O) groups is 2. The van der Waals surface area contributed by atoms with Crippen molar-refractivity contribution in [2.24, 2.45) is 0 Å². The maximum absolute atomic E-state index is 12.1. The fraction of sp³-hybridized carbons (Fsp3) is 0.385. The predicted molar refractivity (Wildman–Crippen MR) is 67.8 cm³/mol. The molecular formula is C13H17N3O2. The lowest BCUT2D eigenvalue weighted by molar-refractivity contribution is -0.131. The summed E-state index contributed by atoms with van der Waals surface area (Å²) in [6.07, 6.45) is 0.850. The molecule has 0 saturated carbocycles. The van der Waals surface area contributed by atoms with Crippen LogP contribution in [0.15, 0.2) is 30.3 Å². The van der Waals surface area contributed by atoms with Crippen LogP contribution < -0.4 is 16.0 Å². The van der Waals surface area contributed by atoms with Gasteiger partial charge in [-0.15, -0.1) is 0 Å². The first kappa shape index (κ1) is 12.6. The second kappa shape index (κ2) is 6.16. The van der Waals surface area contributed by atoms with Crippen molar-refractivity contribution in [2.75, 3.05) is 19.8 Å². The van der Waals surface area contributed by atoms with E-state index in [-0.39, 0.29) is 11.8 Å². The Kier molecular flexibility index (Phi) is 4.30. The average Bonchev–Trinajstić information content (AvgIpc) is 2.39. The van der Waals surface area contributed by atoms with Gasteiger partial charge in [-0.2, -0.15) is 0 Å². The monoisotopic (exact) mass is 247 g/mol. The fourth-order valence-electron chi connectivity index (χ4n) is 1.93. The number of hydrogen-bond acceptors (Lipinski definition) is 3. The summed E-state index contributed by atoms with van der Waals surface area (Å²) in [7, 11) is 0. The van der Waals surface area contributed by atoms with E-state index in [9.17, 15) is 9.59 Å². The SMILES string of the molecule is O=C1NCCCNCNC(=O)C1c1ccccc1. The maximum atomic E-state index is 12.1. The Morgan fingerprint density at radius 1 is 0.944 bits per heavy atom. The van der Waals surface area contributed by atoms with E-state index >= 15 is 0 Å². The molecule has 2 rings (SSSR count). The van der Waals surface area contributed by atoms with Crippen molar-refractivity contribution < 1.29 is 9.59 Å². The van der Waals surface area contributed by atoms with Crippen LogP contribution in [0.3, 0.4) is 0 Å². The molecule has 3 N–H and O–H groups in total. The predicted octanol–water partition coefficient (Wildman–Crippen LogP) is -0.0466. The Hall–Kier alpha value is -1.88. The Bertz CT molecular complexity index is 400. The smallest absolute Gasteiger partial charge is 0.238 e. The normalized spacial score (nSPS) is 21.9. The van der Waals surface area contributed by atoms with Gasteiger partial charge in [0.05, 0.1) is 6.67 Å². The summed E-state index contributed by atoms with van der Waals surface area (Å²) in [5.41, 5.74) is 0.716. The minimum atomic E-state index is -0.772. The van der Waals surface area contributed by atoms with Gasteiger partial charge in [0.15, 0.2) is 0 Å². The standard InChI is InChI=1S/C13H17N3O2/c17-12-11(10-5-2-1-3-6-10)13(18)16-9-14-7-4-8-15-12/h1-3,5-6,11,14H,4,7-9H2,(H,15,17)(H,16,18). The van der Waals surface area contributed by atoms with Gasteiger partial charge < -0.3 is 10.6 Å². The highest BCUT2D eigenvalue weighted by atomic mass is 16.2. The van der Waals surface area contributed by atoms with Crippen LogP contribution in [0.2, 0.25) is 0 Å². The van der Waals surface area contributed by atoms with Gasteiger partial charge in [-0.25, -0.2) is 0 Å². The van der Waals surface area contributed by atoms with Crippen molar-refractivity contribution in [2.45, 2.75) is 12.3 Å². The Morgan fingerprint density at radius 3 is 2.44 bits per heavy atom. The van der Waals surface area contributed by atoms with Crippen LogP contribution in [0.4, 0.5) is 0 Å². The summed E-state index contributed by atoms with van der Waals surface area (Å²) < 4.78 is 0. The van der Waals surface area contributed by atoms with E-state index < -0.39 is 5.92 Å². The number of benzene rings is 1. The Morgan fingerprint density at radius 2 is 1.67 bits per heavy atom. The maximum Gasteiger partial charge on any atom is 0.238 e. The molecule has 1 aromatic rings. The van der Waals surface area contributed by atoms with Gasteiger partial charge >= 0.3 is 0 Å². The number of amides is 2. The van der Waals surface area contributed by atoms with Crippen LogP contribution in [0.1, 0.15) is 17.9 Å². The summed E-state index contributed by atoms with van der Waals surface area (Å²) in [6.45, 7) is 1.76. The molecule has 18 heavy (non-hydrogen) atoms. The first-order chi connectivity index (χ1) is 8.79. The third-order valence-corrected chi connectivity index (χ3v) is 2.87. The van der Waals surface area contributed by atoms with Crippen molar-refractivity contribution in [3.8, 4) is 0 Å². The zero-order valence-electron chi connectivity index (χ0n) is 10.1. The van der Waals surface area contributed by atoms with Gasteiger partial charge in [0.1, 0.15) is 5.92 Å². The molecule has 1 aliphatic heterocycles. The van der Waals surface area contributed by atoms with E-state index in [1.807, 2.05) is 18.2 Å². The molecule has 1 saturated heterocycles. The minimum Gasteiger partial charge on any atom is -0.355 e. The van der Waals surface area contributed by atoms with Crippen LogP contribution in [0.5, 0.6) is 0 Å². The number of rotatable bonds is 1. The highest BCUT2D eigenvalue weighted by Crippen LogP contribution is 2.16. The average molecular weight is 247 g/mol. The molecule has 1 fully saturated rings. The largest absolute Gasteiger partial charge is 0.355 e. The second-order valence-corrected chi connectivity index (χ2v) is 4.21. The molecule has 1 atom stereocenters. The van der Waals surface area contributed by atoms with Crippen molar-refractivity contribution in [3.05, 3.63) is 35.9 Å². The van der Waals surface area contributed by atoms with Gasteiger partial charge in [-0.05, 0) is 18.5 Å². The lowest BCUT2D eigenvalue weighted by Crippen LogP contribution is -2.45. The highest BCUT2D eigenvalue weighted by Gasteiger charge is 2.28. The summed E-state index contributed by atoms with van der Waals surface area (Å²) in [6, 6.07) is 9.10. The van der Waals surface area contributed by atoms with Gasteiger partial charge in [-0.1, -0.05) is 30.3 Å². The van der Waals surface area contributed by atoms with Crippen molar-refractivity contribution >= 4 is 11.8 Å². The van der Waals surface area contributed by atoms with E-state index in [0.717, 1.165) is 13.0 Å². The van der Waals surface area contributed by atoms with Crippen molar-refractivity contribution in [3.63, 3.8) is 0 Å². The van der Waals surface area contributed by atoms with Crippen LogP contribution in [-0.2, 0) is 9.59 Å². The summed E-state index contributed by atoms with van der Waals surface area (Å²) >= 11 is 0. The Labute approximate surface area is 106 Å².